The van der Waals surface area contributed by atoms with Crippen LogP contribution in [0.3, 0.4) is 0 Å². The Bertz CT molecular complexity index is 1830. The van der Waals surface area contributed by atoms with Gasteiger partial charge in [-0.05, 0) is 53.1 Å². The predicted octanol–water partition coefficient (Wildman–Crippen LogP) is 5.36. The van der Waals surface area contributed by atoms with E-state index in [1.165, 1.54) is 0 Å². The largest absolute Gasteiger partial charge is 0.726 e. The van der Waals surface area contributed by atoms with Gasteiger partial charge in [0.25, 0.3) is 0 Å². The minimum atomic E-state index is -5.05. The van der Waals surface area contributed by atoms with Crippen molar-refractivity contribution in [2.45, 2.75) is 55.8 Å². The van der Waals surface area contributed by atoms with Gasteiger partial charge in [0.15, 0.2) is 11.5 Å². The van der Waals surface area contributed by atoms with Crippen LogP contribution in [0.5, 0.6) is 17.2 Å². The molecule has 0 amide bonds. The van der Waals surface area contributed by atoms with E-state index in [0.717, 1.165) is 39.5 Å². The summed E-state index contributed by atoms with van der Waals surface area (Å²) in [6.45, 7) is 1.17. The van der Waals surface area contributed by atoms with Gasteiger partial charge in [-0.15, -0.1) is 0 Å². The molecule has 290 valence electrons. The first-order valence-electron chi connectivity index (χ1n) is 17.5. The predicted molar refractivity (Wildman–Crippen MR) is 201 cm³/mol. The maximum Gasteiger partial charge on any atom is 0.218 e. The summed E-state index contributed by atoms with van der Waals surface area (Å²) in [6.07, 6.45) is -3.46. The number of ether oxygens (including phenoxy) is 8. The highest BCUT2D eigenvalue weighted by Crippen LogP contribution is 2.35. The third-order valence-electron chi connectivity index (χ3n) is 9.29. The van der Waals surface area contributed by atoms with Crippen LogP contribution < -0.4 is 14.2 Å². The second-order valence-electron chi connectivity index (χ2n) is 12.9. The lowest BCUT2D eigenvalue weighted by molar-refractivity contribution is -0.245. The summed E-state index contributed by atoms with van der Waals surface area (Å²) < 4.78 is 88.7. The summed E-state index contributed by atoms with van der Waals surface area (Å²) >= 11 is 0. The van der Waals surface area contributed by atoms with Crippen LogP contribution in [0, 0.1) is 0 Å². The molecule has 12 nitrogen and oxygen atoms in total. The standard InChI is InChI=1S/C40H46O12S2/c1-44-32-15-9-28(10-16-32)21-47-25-38-39(49-23-30-13-19-34(46-3)20-14-30)37(48-22-29-11-17-33(45-2)18-12-29)27-53(38)26-36-35(52-54(41,42)43)24-50-40(51-36)31-7-5-4-6-8-31/h4-20,35-40H,21-27H2,1-3H3/t35-,36+,37+,38+,39+,40?,53?/m0/s1. The molecule has 0 bridgehead atoms. The Morgan fingerprint density at radius 2 is 1.24 bits per heavy atom. The van der Waals surface area contributed by atoms with Gasteiger partial charge in [0.05, 0.1) is 54.4 Å². The number of rotatable bonds is 18. The number of hydrogen-bond donors (Lipinski definition) is 0. The van der Waals surface area contributed by atoms with Crippen LogP contribution >= 0.6 is 0 Å². The average Bonchev–Trinajstić information content (AvgIpc) is 3.52. The van der Waals surface area contributed by atoms with Crippen molar-refractivity contribution in [3.8, 4) is 17.2 Å². The molecule has 2 unspecified atom stereocenters. The van der Waals surface area contributed by atoms with E-state index in [4.69, 9.17) is 42.1 Å². The third-order valence-corrected chi connectivity index (χ3v) is 12.5. The molecule has 4 aromatic rings. The maximum atomic E-state index is 11.9. The van der Waals surface area contributed by atoms with Gasteiger partial charge in [-0.2, -0.15) is 0 Å². The maximum absolute atomic E-state index is 11.9. The van der Waals surface area contributed by atoms with Gasteiger partial charge in [-0.25, -0.2) is 8.42 Å². The van der Waals surface area contributed by atoms with E-state index in [0.29, 0.717) is 37.9 Å². The van der Waals surface area contributed by atoms with Crippen molar-refractivity contribution in [1.29, 1.82) is 0 Å². The zero-order chi connectivity index (χ0) is 37.9. The van der Waals surface area contributed by atoms with Gasteiger partial charge < -0.3 is 42.4 Å². The lowest BCUT2D eigenvalue weighted by atomic mass is 10.1. The number of hydrogen-bond acceptors (Lipinski definition) is 12. The minimum Gasteiger partial charge on any atom is -0.726 e. The van der Waals surface area contributed by atoms with E-state index in [9.17, 15) is 13.0 Å². The molecular weight excluding hydrogens is 737 g/mol. The van der Waals surface area contributed by atoms with Crippen LogP contribution in [-0.2, 0) is 69.0 Å². The summed E-state index contributed by atoms with van der Waals surface area (Å²) in [6, 6.07) is 32.4. The molecule has 4 aromatic carbocycles. The SMILES string of the molecule is COc1ccc(COC[C@@H]2[C@H](OCc3ccc(OC)cc3)[C@H](OCc3ccc(OC)cc3)C[S+]2C[C@H]2OC(c3ccccc3)OC[C@@H]2OS(=O)(=O)[O-])cc1. The van der Waals surface area contributed by atoms with Gasteiger partial charge in [-0.1, -0.05) is 66.7 Å². The van der Waals surface area contributed by atoms with Crippen molar-refractivity contribution in [1.82, 2.24) is 0 Å². The molecule has 0 radical (unpaired) electrons. The molecule has 14 heteroatoms. The quantitative estimate of drug-likeness (QED) is 0.0730. The first kappa shape index (κ1) is 40.0. The fourth-order valence-electron chi connectivity index (χ4n) is 6.41. The monoisotopic (exact) mass is 782 g/mol. The fourth-order valence-corrected chi connectivity index (χ4v) is 9.87. The van der Waals surface area contributed by atoms with Crippen LogP contribution in [0.4, 0.5) is 0 Å². The summed E-state index contributed by atoms with van der Waals surface area (Å²) in [5.74, 6) is 3.18. The highest BCUT2D eigenvalue weighted by Gasteiger charge is 2.55. The normalized spacial score (nSPS) is 24.3. The Balaban J connectivity index is 1.27. The third kappa shape index (κ3) is 11.2. The van der Waals surface area contributed by atoms with Crippen LogP contribution in [0.25, 0.3) is 0 Å². The average molecular weight is 783 g/mol. The first-order valence-corrected chi connectivity index (χ1v) is 20.5. The van der Waals surface area contributed by atoms with Gasteiger partial charge in [0.1, 0.15) is 53.2 Å². The Morgan fingerprint density at radius 3 is 1.78 bits per heavy atom. The smallest absolute Gasteiger partial charge is 0.218 e. The Hall–Kier alpha value is -3.70. The molecule has 0 saturated carbocycles. The lowest BCUT2D eigenvalue weighted by Crippen LogP contribution is -2.48. The fraction of sp³-hybridized carbons (Fsp3) is 0.400. The summed E-state index contributed by atoms with van der Waals surface area (Å²) in [5.41, 5.74) is 3.67. The van der Waals surface area contributed by atoms with E-state index in [-0.39, 0.29) is 18.0 Å². The molecule has 6 rings (SSSR count). The molecule has 7 atom stereocenters. The molecule has 0 aromatic heterocycles. The summed E-state index contributed by atoms with van der Waals surface area (Å²) in [5, 5.41) is -0.187. The van der Waals surface area contributed by atoms with E-state index >= 15 is 0 Å². The summed E-state index contributed by atoms with van der Waals surface area (Å²) in [7, 11) is -0.707. The van der Waals surface area contributed by atoms with Crippen molar-refractivity contribution >= 4 is 21.3 Å². The molecule has 0 spiro atoms. The highest BCUT2D eigenvalue weighted by molar-refractivity contribution is 7.97. The molecule has 2 aliphatic heterocycles. The van der Waals surface area contributed by atoms with Gasteiger partial charge in [-0.3, -0.25) is 4.18 Å². The zero-order valence-electron chi connectivity index (χ0n) is 30.4. The summed E-state index contributed by atoms with van der Waals surface area (Å²) in [4.78, 5) is 0. The number of methoxy groups -OCH3 is 3. The molecule has 2 saturated heterocycles. The zero-order valence-corrected chi connectivity index (χ0v) is 32.1. The van der Waals surface area contributed by atoms with Crippen molar-refractivity contribution in [3.05, 3.63) is 125 Å². The van der Waals surface area contributed by atoms with E-state index in [2.05, 4.69) is 0 Å². The van der Waals surface area contributed by atoms with Crippen LogP contribution in [0.2, 0.25) is 0 Å². The molecule has 54 heavy (non-hydrogen) atoms. The molecule has 0 aliphatic carbocycles. The van der Waals surface area contributed by atoms with E-state index in [1.54, 1.807) is 21.3 Å². The minimum absolute atomic E-state index is 0.143. The van der Waals surface area contributed by atoms with Crippen LogP contribution in [0.1, 0.15) is 28.5 Å². The van der Waals surface area contributed by atoms with Crippen LogP contribution in [0.15, 0.2) is 103 Å². The van der Waals surface area contributed by atoms with E-state index < -0.39 is 45.9 Å². The Morgan fingerprint density at radius 1 is 0.704 bits per heavy atom. The van der Waals surface area contributed by atoms with Crippen molar-refractivity contribution in [2.24, 2.45) is 0 Å². The highest BCUT2D eigenvalue weighted by atomic mass is 32.3. The van der Waals surface area contributed by atoms with Gasteiger partial charge in [0.2, 0.25) is 10.4 Å². The van der Waals surface area contributed by atoms with Crippen molar-refractivity contribution < 1.29 is 55.0 Å². The first-order chi connectivity index (χ1) is 26.2. The number of benzene rings is 4. The lowest BCUT2D eigenvalue weighted by Gasteiger charge is -2.36. The molecule has 0 N–H and O–H groups in total. The molecule has 2 aliphatic rings. The molecule has 2 heterocycles. The van der Waals surface area contributed by atoms with Gasteiger partial charge in [0, 0.05) is 16.5 Å². The van der Waals surface area contributed by atoms with Crippen molar-refractivity contribution in [3.63, 3.8) is 0 Å². The topological polar surface area (TPSA) is 140 Å². The molecule has 2 fully saturated rings. The van der Waals surface area contributed by atoms with Gasteiger partial charge >= 0.3 is 0 Å². The van der Waals surface area contributed by atoms with E-state index in [1.807, 2.05) is 103 Å². The Labute approximate surface area is 319 Å². The second kappa shape index (κ2) is 19.2. The Kier molecular flexibility index (Phi) is 14.2. The second-order valence-corrected chi connectivity index (χ2v) is 16.2. The molecular formula is C40H46O12S2. The van der Waals surface area contributed by atoms with Crippen LogP contribution in [-0.4, -0.2) is 88.7 Å². The van der Waals surface area contributed by atoms with Crippen molar-refractivity contribution in [2.75, 3.05) is 46.0 Å².